The lowest BCUT2D eigenvalue weighted by molar-refractivity contribution is 0.0459. The molecular weight excluding hydrogens is 417 g/mol. The van der Waals surface area contributed by atoms with E-state index in [1.807, 2.05) is 41.3 Å². The lowest BCUT2D eigenvalue weighted by atomic mass is 9.63. The minimum absolute atomic E-state index is 0.0644. The molecule has 0 aromatic heterocycles. The predicted octanol–water partition coefficient (Wildman–Crippen LogP) is 5.71. The summed E-state index contributed by atoms with van der Waals surface area (Å²) in [4.78, 5) is 17.1. The number of anilines is 2. The van der Waals surface area contributed by atoms with Crippen molar-refractivity contribution in [2.75, 3.05) is 37.0 Å². The molecule has 1 atom stereocenters. The Morgan fingerprint density at radius 2 is 1.73 bits per heavy atom. The highest BCUT2D eigenvalue weighted by molar-refractivity contribution is 5.91. The molecule has 1 N–H and O–H groups in total. The summed E-state index contributed by atoms with van der Waals surface area (Å²) in [6.07, 6.45) is 1.80. The van der Waals surface area contributed by atoms with Gasteiger partial charge in [0.15, 0.2) is 0 Å². The molecule has 2 saturated heterocycles. The van der Waals surface area contributed by atoms with Crippen molar-refractivity contribution < 1.29 is 13.9 Å². The van der Waals surface area contributed by atoms with E-state index in [0.29, 0.717) is 24.5 Å². The van der Waals surface area contributed by atoms with Crippen LogP contribution in [0.1, 0.15) is 24.4 Å². The zero-order chi connectivity index (χ0) is 22.8. The van der Waals surface area contributed by atoms with Crippen molar-refractivity contribution in [3.05, 3.63) is 90.2 Å². The first-order valence-electron chi connectivity index (χ1n) is 11.4. The molecule has 5 rings (SSSR count). The SMILES string of the molecule is COc1ccccc1NC(=O)N1CCC2(CC1)CN(c1cccc(F)c1)C2c1ccccc1. The maximum absolute atomic E-state index is 13.9. The van der Waals surface area contributed by atoms with Gasteiger partial charge in [-0.3, -0.25) is 0 Å². The van der Waals surface area contributed by atoms with E-state index in [1.165, 1.54) is 11.6 Å². The van der Waals surface area contributed by atoms with Crippen molar-refractivity contribution in [2.24, 2.45) is 5.41 Å². The standard InChI is InChI=1S/C27H28FN3O2/c1-33-24-13-6-5-12-23(24)29-26(32)30-16-14-27(15-17-30)19-31(22-11-7-10-21(28)18-22)25(27)20-8-3-2-4-9-20/h2-13,18,25H,14-17,19H2,1H3,(H,29,32). The van der Waals surface area contributed by atoms with E-state index in [1.54, 1.807) is 19.2 Å². The number of benzene rings is 3. The number of hydrogen-bond acceptors (Lipinski definition) is 3. The van der Waals surface area contributed by atoms with Gasteiger partial charge in [0.2, 0.25) is 0 Å². The summed E-state index contributed by atoms with van der Waals surface area (Å²) in [5.41, 5.74) is 2.88. The first-order valence-corrected chi connectivity index (χ1v) is 11.4. The molecule has 33 heavy (non-hydrogen) atoms. The van der Waals surface area contributed by atoms with Crippen LogP contribution in [0.2, 0.25) is 0 Å². The Bertz CT molecular complexity index is 1130. The van der Waals surface area contributed by atoms with E-state index < -0.39 is 0 Å². The fourth-order valence-corrected chi connectivity index (χ4v) is 5.33. The smallest absolute Gasteiger partial charge is 0.321 e. The summed E-state index contributed by atoms with van der Waals surface area (Å²) in [6.45, 7) is 2.22. The molecule has 6 heteroatoms. The molecule has 0 saturated carbocycles. The lowest BCUT2D eigenvalue weighted by Gasteiger charge is -2.61. The average molecular weight is 446 g/mol. The third-order valence-electron chi connectivity index (χ3n) is 7.03. The maximum Gasteiger partial charge on any atom is 0.321 e. The second-order valence-electron chi connectivity index (χ2n) is 8.90. The van der Waals surface area contributed by atoms with E-state index in [2.05, 4.69) is 34.5 Å². The Kier molecular flexibility index (Phi) is 5.67. The summed E-state index contributed by atoms with van der Waals surface area (Å²) in [5, 5.41) is 2.99. The molecule has 3 aromatic carbocycles. The van der Waals surface area contributed by atoms with E-state index in [-0.39, 0.29) is 23.3 Å². The zero-order valence-corrected chi connectivity index (χ0v) is 18.7. The number of methoxy groups -OCH3 is 1. The van der Waals surface area contributed by atoms with Crippen LogP contribution in [0.15, 0.2) is 78.9 Å². The molecule has 2 aliphatic heterocycles. The topological polar surface area (TPSA) is 44.8 Å². The van der Waals surface area contributed by atoms with Gasteiger partial charge in [0.1, 0.15) is 11.6 Å². The number of halogens is 1. The van der Waals surface area contributed by atoms with Crippen molar-refractivity contribution in [1.29, 1.82) is 0 Å². The van der Waals surface area contributed by atoms with Crippen LogP contribution >= 0.6 is 0 Å². The molecule has 0 bridgehead atoms. The lowest BCUT2D eigenvalue weighted by Crippen LogP contribution is -2.63. The number of hydrogen-bond donors (Lipinski definition) is 1. The van der Waals surface area contributed by atoms with Crippen LogP contribution in [0.4, 0.5) is 20.6 Å². The molecule has 2 heterocycles. The summed E-state index contributed by atoms with van der Waals surface area (Å²) >= 11 is 0. The number of carbonyl (C=O) groups is 1. The number of nitrogens with zero attached hydrogens (tertiary/aromatic N) is 2. The molecule has 2 amide bonds. The normalized spacial score (nSPS) is 19.2. The fourth-order valence-electron chi connectivity index (χ4n) is 5.33. The van der Waals surface area contributed by atoms with Gasteiger partial charge >= 0.3 is 6.03 Å². The fraction of sp³-hybridized carbons (Fsp3) is 0.296. The zero-order valence-electron chi connectivity index (χ0n) is 18.7. The molecule has 2 fully saturated rings. The second-order valence-corrected chi connectivity index (χ2v) is 8.90. The van der Waals surface area contributed by atoms with Crippen LogP contribution in [0, 0.1) is 11.2 Å². The average Bonchev–Trinajstić information content (AvgIpc) is 2.84. The molecule has 3 aromatic rings. The number of ether oxygens (including phenoxy) is 1. The molecule has 0 radical (unpaired) electrons. The van der Waals surface area contributed by atoms with Crippen molar-refractivity contribution in [1.82, 2.24) is 4.90 Å². The van der Waals surface area contributed by atoms with E-state index in [4.69, 9.17) is 4.74 Å². The van der Waals surface area contributed by atoms with Gasteiger partial charge in [-0.2, -0.15) is 0 Å². The van der Waals surface area contributed by atoms with Crippen molar-refractivity contribution in [3.8, 4) is 5.75 Å². The summed E-state index contributed by atoms with van der Waals surface area (Å²) < 4.78 is 19.3. The quantitative estimate of drug-likeness (QED) is 0.560. The van der Waals surface area contributed by atoms with Crippen molar-refractivity contribution >= 4 is 17.4 Å². The minimum Gasteiger partial charge on any atom is -0.495 e. The summed E-state index contributed by atoms with van der Waals surface area (Å²) in [5.74, 6) is 0.427. The van der Waals surface area contributed by atoms with Crippen molar-refractivity contribution in [2.45, 2.75) is 18.9 Å². The Labute approximate surface area is 193 Å². The number of rotatable bonds is 4. The number of amides is 2. The van der Waals surface area contributed by atoms with Crippen molar-refractivity contribution in [3.63, 3.8) is 0 Å². The van der Waals surface area contributed by atoms with Gasteiger partial charge in [0.25, 0.3) is 0 Å². The number of urea groups is 1. The molecular formula is C27H28FN3O2. The number of para-hydroxylation sites is 2. The molecule has 5 nitrogen and oxygen atoms in total. The third-order valence-corrected chi connectivity index (χ3v) is 7.03. The molecule has 2 aliphatic rings. The van der Waals surface area contributed by atoms with Gasteiger partial charge in [-0.1, -0.05) is 48.5 Å². The van der Waals surface area contributed by atoms with E-state index in [0.717, 1.165) is 25.1 Å². The van der Waals surface area contributed by atoms with Crippen LogP contribution in [0.3, 0.4) is 0 Å². The van der Waals surface area contributed by atoms with Gasteiger partial charge < -0.3 is 19.9 Å². The van der Waals surface area contributed by atoms with Gasteiger partial charge in [0, 0.05) is 30.7 Å². The molecule has 170 valence electrons. The van der Waals surface area contributed by atoms with Crippen LogP contribution in [0.25, 0.3) is 0 Å². The maximum atomic E-state index is 13.9. The first kappa shape index (κ1) is 21.3. The van der Waals surface area contributed by atoms with Gasteiger partial charge in [-0.25, -0.2) is 9.18 Å². The highest BCUT2D eigenvalue weighted by Gasteiger charge is 2.54. The van der Waals surface area contributed by atoms with Gasteiger partial charge in [0.05, 0.1) is 18.8 Å². The number of piperidine rings is 1. The second kappa shape index (κ2) is 8.77. The highest BCUT2D eigenvalue weighted by atomic mass is 19.1. The van der Waals surface area contributed by atoms with E-state index >= 15 is 0 Å². The largest absolute Gasteiger partial charge is 0.495 e. The minimum atomic E-state index is -0.219. The Hall–Kier alpha value is -3.54. The van der Waals surface area contributed by atoms with Crippen LogP contribution in [-0.4, -0.2) is 37.7 Å². The monoisotopic (exact) mass is 445 g/mol. The number of carbonyl (C=O) groups excluding carboxylic acids is 1. The Balaban J connectivity index is 1.32. The number of nitrogens with one attached hydrogen (secondary N) is 1. The van der Waals surface area contributed by atoms with Gasteiger partial charge in [-0.15, -0.1) is 0 Å². The Morgan fingerprint density at radius 3 is 2.45 bits per heavy atom. The van der Waals surface area contributed by atoms with E-state index in [9.17, 15) is 9.18 Å². The van der Waals surface area contributed by atoms with Crippen LogP contribution in [-0.2, 0) is 0 Å². The molecule has 1 spiro atoms. The van der Waals surface area contributed by atoms with Gasteiger partial charge in [-0.05, 0) is 48.7 Å². The number of likely N-dealkylation sites (tertiary alicyclic amines) is 1. The summed E-state index contributed by atoms with van der Waals surface area (Å²) in [6, 6.07) is 24.8. The van der Waals surface area contributed by atoms with Crippen LogP contribution < -0.4 is 15.0 Å². The third kappa shape index (κ3) is 4.01. The first-order chi connectivity index (χ1) is 16.1. The Morgan fingerprint density at radius 1 is 1.00 bits per heavy atom. The van der Waals surface area contributed by atoms with Crippen LogP contribution in [0.5, 0.6) is 5.75 Å². The molecule has 1 unspecified atom stereocenters. The highest BCUT2D eigenvalue weighted by Crippen LogP contribution is 2.56. The molecule has 0 aliphatic carbocycles. The summed E-state index contributed by atoms with van der Waals surface area (Å²) in [7, 11) is 1.60. The predicted molar refractivity (Wildman–Crippen MR) is 128 cm³/mol.